The van der Waals surface area contributed by atoms with Crippen LogP contribution in [0.3, 0.4) is 0 Å². The molecule has 0 aromatic heterocycles. The van der Waals surface area contributed by atoms with Crippen molar-refractivity contribution in [3.05, 3.63) is 45.2 Å². The van der Waals surface area contributed by atoms with E-state index in [1.165, 1.54) is 13.7 Å². The molecule has 20 heavy (non-hydrogen) atoms. The van der Waals surface area contributed by atoms with Crippen LogP contribution < -0.4 is 29.6 Å². The van der Waals surface area contributed by atoms with Gasteiger partial charge >= 0.3 is 126 Å². The maximum atomic E-state index is 6.01. The zero-order valence-corrected chi connectivity index (χ0v) is 15.6. The minimum Gasteiger partial charge on any atom is -1.00 e. The van der Waals surface area contributed by atoms with E-state index in [1.807, 2.05) is 12.1 Å². The van der Waals surface area contributed by atoms with Crippen LogP contribution in [-0.4, -0.2) is 5.60 Å². The van der Waals surface area contributed by atoms with Crippen LogP contribution in [0, 0.1) is 0 Å². The van der Waals surface area contributed by atoms with Crippen LogP contribution >= 0.6 is 11.8 Å². The van der Waals surface area contributed by atoms with Gasteiger partial charge in [-0.15, -0.1) is 0 Å². The first-order valence-corrected chi connectivity index (χ1v) is 7.62. The Bertz CT molecular complexity index is 507. The Hall–Kier alpha value is 0.144. The molecule has 107 valence electrons. The maximum Gasteiger partial charge on any atom is -1.00 e. The fraction of sp³-hybridized carbons (Fsp3) is 0.333. The van der Waals surface area contributed by atoms with Gasteiger partial charge in [0, 0.05) is 0 Å². The Morgan fingerprint density at radius 1 is 1.15 bits per heavy atom. The van der Waals surface area contributed by atoms with E-state index in [9.17, 15) is 0 Å². The summed E-state index contributed by atoms with van der Waals surface area (Å²) in [4.78, 5) is 2.54. The topological polar surface area (TPSA) is 9.23 Å². The second kappa shape index (κ2) is 8.55. The number of halogens is 2. The number of thioether (sulfide) groups is 1. The first kappa shape index (κ1) is 20.1. The quantitative estimate of drug-likeness (QED) is 0.616. The van der Waals surface area contributed by atoms with Crippen molar-refractivity contribution in [2.24, 2.45) is 0 Å². The Labute approximate surface area is 149 Å². The molecule has 0 saturated heterocycles. The van der Waals surface area contributed by atoms with Crippen LogP contribution in [0.5, 0.6) is 5.75 Å². The first-order valence-electron chi connectivity index (χ1n) is 6.03. The summed E-state index contributed by atoms with van der Waals surface area (Å²) in [5, 5.41) is 0. The van der Waals surface area contributed by atoms with Crippen molar-refractivity contribution in [3.63, 3.8) is 0 Å². The Morgan fingerprint density at radius 2 is 1.80 bits per heavy atom. The molecule has 0 N–H and O–H groups in total. The van der Waals surface area contributed by atoms with Crippen LogP contribution in [0.15, 0.2) is 50.1 Å². The van der Waals surface area contributed by atoms with E-state index in [0.717, 1.165) is 12.2 Å². The van der Waals surface area contributed by atoms with Gasteiger partial charge in [-0.3, -0.25) is 0 Å². The van der Waals surface area contributed by atoms with Gasteiger partial charge in [0.25, 0.3) is 0 Å². The van der Waals surface area contributed by atoms with Crippen LogP contribution in [0.4, 0.5) is 0 Å². The number of hydrogen-bond acceptors (Lipinski definition) is 2. The SMILES string of the molecule is CC(C)(C)Oc1ccccc1SC1=[C]([Ti+2])CC=C1.[Cl-].[Cl-]. The van der Waals surface area contributed by atoms with E-state index < -0.39 is 0 Å². The van der Waals surface area contributed by atoms with Gasteiger partial charge in [0.2, 0.25) is 0 Å². The summed E-state index contributed by atoms with van der Waals surface area (Å²) in [7, 11) is 0. The van der Waals surface area contributed by atoms with Crippen molar-refractivity contribution in [3.8, 4) is 5.75 Å². The molecule has 0 unspecified atom stereocenters. The summed E-state index contributed by atoms with van der Waals surface area (Å²) >= 11 is 3.98. The third kappa shape index (κ3) is 5.87. The normalized spacial score (nSPS) is 13.8. The average molecular weight is 364 g/mol. The molecule has 0 saturated carbocycles. The van der Waals surface area contributed by atoms with Crippen molar-refractivity contribution in [2.45, 2.75) is 37.7 Å². The molecule has 0 atom stereocenters. The van der Waals surface area contributed by atoms with Crippen LogP contribution in [0.1, 0.15) is 27.2 Å². The number of allylic oxidation sites excluding steroid dienone is 3. The second-order valence-electron chi connectivity index (χ2n) is 5.21. The van der Waals surface area contributed by atoms with Crippen molar-refractivity contribution < 1.29 is 50.0 Å². The Balaban J connectivity index is 0.00000180. The number of hydrogen-bond donors (Lipinski definition) is 0. The summed E-state index contributed by atoms with van der Waals surface area (Å²) in [6.45, 7) is 6.23. The molecule has 2 rings (SSSR count). The molecule has 0 amide bonds. The van der Waals surface area contributed by atoms with E-state index in [0.29, 0.717) is 0 Å². The Kier molecular flexibility index (Phi) is 8.62. The van der Waals surface area contributed by atoms with Gasteiger partial charge < -0.3 is 24.8 Å². The third-order valence-electron chi connectivity index (χ3n) is 2.37. The minimum absolute atomic E-state index is 0. The Morgan fingerprint density at radius 3 is 2.35 bits per heavy atom. The summed E-state index contributed by atoms with van der Waals surface area (Å²) in [5.41, 5.74) is -0.161. The molecular weight excluding hydrogens is 347 g/mol. The van der Waals surface area contributed by atoms with Crippen molar-refractivity contribution in [1.82, 2.24) is 0 Å². The molecule has 1 aliphatic carbocycles. The fourth-order valence-corrected chi connectivity index (χ4v) is 3.17. The molecule has 1 aromatic rings. The number of benzene rings is 1. The smallest absolute Gasteiger partial charge is 1.00 e. The van der Waals surface area contributed by atoms with Gasteiger partial charge in [0.05, 0.1) is 0 Å². The molecule has 0 radical (unpaired) electrons. The van der Waals surface area contributed by atoms with E-state index in [1.54, 1.807) is 11.8 Å². The van der Waals surface area contributed by atoms with E-state index in [4.69, 9.17) is 4.74 Å². The van der Waals surface area contributed by atoms with Crippen LogP contribution in [-0.2, 0) is 20.4 Å². The zero-order chi connectivity index (χ0) is 13.2. The molecule has 0 fully saturated rings. The van der Waals surface area contributed by atoms with Gasteiger partial charge in [-0.1, -0.05) is 0 Å². The molecule has 1 aliphatic rings. The second-order valence-corrected chi connectivity index (χ2v) is 7.24. The van der Waals surface area contributed by atoms with Gasteiger partial charge in [-0.2, -0.15) is 0 Å². The van der Waals surface area contributed by atoms with Gasteiger partial charge in [0.15, 0.2) is 0 Å². The van der Waals surface area contributed by atoms with Crippen molar-refractivity contribution in [1.29, 1.82) is 0 Å². The maximum absolute atomic E-state index is 6.01. The van der Waals surface area contributed by atoms with Gasteiger partial charge in [-0.25, -0.2) is 0 Å². The monoisotopic (exact) mass is 363 g/mol. The fourth-order valence-electron chi connectivity index (χ4n) is 1.65. The molecule has 0 heterocycles. The molecule has 1 nitrogen and oxygen atoms in total. The van der Waals surface area contributed by atoms with Gasteiger partial charge in [0.1, 0.15) is 0 Å². The van der Waals surface area contributed by atoms with E-state index in [-0.39, 0.29) is 30.4 Å². The number of ether oxygens (including phenoxy) is 1. The molecule has 1 aromatic carbocycles. The largest absolute Gasteiger partial charge is 1.00 e. The van der Waals surface area contributed by atoms with E-state index >= 15 is 0 Å². The zero-order valence-electron chi connectivity index (χ0n) is 11.7. The van der Waals surface area contributed by atoms with E-state index in [2.05, 4.69) is 65.5 Å². The molecule has 0 bridgehead atoms. The predicted octanol–water partition coefficient (Wildman–Crippen LogP) is -1.32. The van der Waals surface area contributed by atoms with Crippen molar-refractivity contribution >= 4 is 11.8 Å². The summed E-state index contributed by atoms with van der Waals surface area (Å²) in [6.07, 6.45) is 5.49. The van der Waals surface area contributed by atoms with Crippen LogP contribution in [0.2, 0.25) is 0 Å². The molecule has 0 aliphatic heterocycles. The van der Waals surface area contributed by atoms with Crippen LogP contribution in [0.25, 0.3) is 0 Å². The molecule has 5 heteroatoms. The summed E-state index contributed by atoms with van der Waals surface area (Å²) in [6, 6.07) is 8.25. The minimum atomic E-state index is -0.161. The standard InChI is InChI=1S/C15H17OS.2ClH.Ti/c1-15(2,3)16-13-10-6-7-11-14(13)17-12-8-4-5-9-12;;;/h4,6-8,10-11H,5H2,1-3H3;2*1H;/q;;;+2/p-2. The molecular formula is C15H17Cl2OSTi. The van der Waals surface area contributed by atoms with Gasteiger partial charge in [-0.05, 0) is 0 Å². The third-order valence-corrected chi connectivity index (χ3v) is 4.56. The summed E-state index contributed by atoms with van der Waals surface area (Å²) in [5.74, 6) is 0.968. The summed E-state index contributed by atoms with van der Waals surface area (Å²) < 4.78 is 7.45. The first-order chi connectivity index (χ1) is 8.46. The number of rotatable bonds is 3. The average Bonchev–Trinajstić information content (AvgIpc) is 2.65. The number of para-hydroxylation sites is 1. The van der Waals surface area contributed by atoms with Crippen molar-refractivity contribution in [2.75, 3.05) is 0 Å². The molecule has 0 spiro atoms. The predicted molar refractivity (Wildman–Crippen MR) is 73.5 cm³/mol.